The molecule has 0 aromatic carbocycles. The van der Waals surface area contributed by atoms with Crippen molar-refractivity contribution in [2.45, 2.75) is 26.9 Å². The van der Waals surface area contributed by atoms with E-state index in [1.54, 1.807) is 0 Å². The van der Waals surface area contributed by atoms with Crippen molar-refractivity contribution in [2.24, 2.45) is 14.1 Å². The number of rotatable bonds is 2. The van der Waals surface area contributed by atoms with Crippen LogP contribution in [-0.4, -0.2) is 45.9 Å². The molecule has 26 heavy (non-hydrogen) atoms. The van der Waals surface area contributed by atoms with Crippen LogP contribution in [0.3, 0.4) is 0 Å². The maximum absolute atomic E-state index is 9.08. The van der Waals surface area contributed by atoms with Crippen LogP contribution < -0.4 is 9.13 Å². The molecule has 152 valence electrons. The van der Waals surface area contributed by atoms with Gasteiger partial charge in [0.1, 0.15) is 24.8 Å². The molecule has 0 amide bonds. The van der Waals surface area contributed by atoms with Crippen molar-refractivity contribution >= 4 is 20.5 Å². The average Bonchev–Trinajstić information content (AvgIpc) is 3.04. The molecule has 2 rings (SSSR count). The quantitative estimate of drug-likeness (QED) is 0.369. The molecule has 0 unspecified atom stereocenters. The molecule has 0 saturated carbocycles. The minimum atomic E-state index is -4.92. The van der Waals surface area contributed by atoms with Crippen molar-refractivity contribution < 1.29 is 39.6 Å². The molecule has 0 bridgehead atoms. The zero-order valence-corrected chi connectivity index (χ0v) is 17.0. The van der Waals surface area contributed by atoms with E-state index in [1.165, 1.54) is 0 Å². The Balaban J connectivity index is 0. The molecule has 0 atom stereocenters. The fourth-order valence-corrected chi connectivity index (χ4v) is 1.38. The van der Waals surface area contributed by atoms with Gasteiger partial charge in [-0.25, -0.2) is 35.1 Å². The summed E-state index contributed by atoms with van der Waals surface area (Å²) in [5.41, 5.74) is 0. The number of hydrogen-bond acceptors (Lipinski definition) is 6. The van der Waals surface area contributed by atoms with Gasteiger partial charge in [0.15, 0.2) is 0 Å². The molecule has 11 nitrogen and oxygen atoms in total. The third-order valence-corrected chi connectivity index (χ3v) is 2.38. The first kappa shape index (κ1) is 26.4. The number of aromatic nitrogens is 4. The minimum absolute atomic E-state index is 0.604. The van der Waals surface area contributed by atoms with E-state index < -0.39 is 20.5 Å². The van der Waals surface area contributed by atoms with Crippen LogP contribution in [0.4, 0.5) is 0 Å². The van der Waals surface area contributed by atoms with Gasteiger partial charge < -0.3 is 9.11 Å². The molecule has 1 N–H and O–H groups in total. The lowest BCUT2D eigenvalue weighted by molar-refractivity contribution is -0.671. The lowest BCUT2D eigenvalue weighted by Gasteiger charge is -1.90. The van der Waals surface area contributed by atoms with E-state index in [2.05, 4.69) is 48.0 Å². The van der Waals surface area contributed by atoms with Gasteiger partial charge in [-0.1, -0.05) is 0 Å². The van der Waals surface area contributed by atoms with Crippen LogP contribution in [0.2, 0.25) is 0 Å². The SMILES string of the molecule is CCn1cc[n+](C)c1.CCn1cc[n+](C)c1.CS(=O)(=O)[O-].O=S(=O)([O-])O. The Morgan fingerprint density at radius 1 is 0.885 bits per heavy atom. The molecule has 2 aromatic rings. The van der Waals surface area contributed by atoms with Crippen LogP contribution >= 0.6 is 0 Å². The van der Waals surface area contributed by atoms with Gasteiger partial charge in [-0.05, 0) is 13.8 Å². The summed E-state index contributed by atoms with van der Waals surface area (Å²) >= 11 is 0. The van der Waals surface area contributed by atoms with Crippen molar-refractivity contribution in [3.63, 3.8) is 0 Å². The van der Waals surface area contributed by atoms with Crippen LogP contribution in [0.25, 0.3) is 0 Å². The van der Waals surface area contributed by atoms with Gasteiger partial charge in [0.05, 0.1) is 37.3 Å². The van der Waals surface area contributed by atoms with Gasteiger partial charge >= 0.3 is 0 Å². The van der Waals surface area contributed by atoms with Gasteiger partial charge in [0.2, 0.25) is 23.1 Å². The summed E-state index contributed by atoms with van der Waals surface area (Å²) in [5.74, 6) is 0. The molecule has 0 aliphatic rings. The number of hydrogen-bond donors (Lipinski definition) is 1. The summed E-state index contributed by atoms with van der Waals surface area (Å²) in [6.45, 7) is 6.36. The van der Waals surface area contributed by atoms with E-state index in [1.807, 2.05) is 35.6 Å². The highest BCUT2D eigenvalue weighted by Crippen LogP contribution is 1.79. The molecule has 0 saturated heterocycles. The highest BCUT2D eigenvalue weighted by atomic mass is 32.3. The smallest absolute Gasteiger partial charge is 0.243 e. The van der Waals surface area contributed by atoms with E-state index in [-0.39, 0.29) is 0 Å². The molecule has 0 spiro atoms. The van der Waals surface area contributed by atoms with Crippen molar-refractivity contribution in [1.29, 1.82) is 0 Å². The number of nitrogens with zero attached hydrogens (tertiary/aromatic N) is 4. The Morgan fingerprint density at radius 2 is 1.12 bits per heavy atom. The standard InChI is InChI=1S/2C6H11N2.CH4O3S.H2O4S/c2*1-3-8-5-4-7(2)6-8;2*1-5(2,3)4/h2*4-6H,3H2,1-2H3;1H3,(H,2,3,4);(H2,1,2,3,4)/q2*+1;;/p-2. The highest BCUT2D eigenvalue weighted by molar-refractivity contribution is 7.84. The van der Waals surface area contributed by atoms with Crippen LogP contribution in [0, 0.1) is 0 Å². The predicted molar refractivity (Wildman–Crippen MR) is 90.5 cm³/mol. The Hall–Kier alpha value is -1.80. The van der Waals surface area contributed by atoms with Crippen LogP contribution in [0.1, 0.15) is 13.8 Å². The van der Waals surface area contributed by atoms with Gasteiger partial charge in [-0.2, -0.15) is 0 Å². The summed E-state index contributed by atoms with van der Waals surface area (Å²) in [5, 5.41) is 0. The van der Waals surface area contributed by atoms with Crippen molar-refractivity contribution in [3.05, 3.63) is 37.4 Å². The van der Waals surface area contributed by atoms with E-state index >= 15 is 0 Å². The molecule has 0 aliphatic heterocycles. The van der Waals surface area contributed by atoms with Crippen molar-refractivity contribution in [3.8, 4) is 0 Å². The maximum Gasteiger partial charge on any atom is 0.243 e. The first-order valence-electron chi connectivity index (χ1n) is 7.26. The Morgan fingerprint density at radius 3 is 1.19 bits per heavy atom. The second-order valence-electron chi connectivity index (χ2n) is 4.95. The Labute approximate surface area is 154 Å². The fraction of sp³-hybridized carbons (Fsp3) is 0.538. The van der Waals surface area contributed by atoms with Gasteiger partial charge in [0.25, 0.3) is 0 Å². The van der Waals surface area contributed by atoms with Crippen LogP contribution in [-0.2, 0) is 47.7 Å². The summed E-state index contributed by atoms with van der Waals surface area (Å²) in [6.07, 6.45) is 12.9. The monoisotopic (exact) mass is 414 g/mol. The largest absolute Gasteiger partial charge is 0.748 e. The molecule has 2 aromatic heterocycles. The van der Waals surface area contributed by atoms with Crippen molar-refractivity contribution in [1.82, 2.24) is 9.13 Å². The maximum atomic E-state index is 9.08. The first-order valence-corrected chi connectivity index (χ1v) is 10.4. The summed E-state index contributed by atoms with van der Waals surface area (Å²) in [6, 6.07) is 0. The summed E-state index contributed by atoms with van der Waals surface area (Å²) < 4.78 is 68.4. The third kappa shape index (κ3) is 24.5. The normalized spacial score (nSPS) is 10.5. The van der Waals surface area contributed by atoms with E-state index in [4.69, 9.17) is 30.5 Å². The third-order valence-electron chi connectivity index (χ3n) is 2.38. The predicted octanol–water partition coefficient (Wildman–Crippen LogP) is -1.17. The minimum Gasteiger partial charge on any atom is -0.748 e. The van der Waals surface area contributed by atoms with E-state index in [9.17, 15) is 0 Å². The Bertz CT molecular complexity index is 740. The molecular weight excluding hydrogens is 388 g/mol. The first-order chi connectivity index (χ1) is 11.7. The van der Waals surface area contributed by atoms with Gasteiger partial charge in [-0.3, -0.25) is 4.55 Å². The molecular formula is C13H26N4O7S2. The lowest BCUT2D eigenvalue weighted by Crippen LogP contribution is -2.23. The van der Waals surface area contributed by atoms with Crippen molar-refractivity contribution in [2.75, 3.05) is 6.26 Å². The molecule has 13 heteroatoms. The van der Waals surface area contributed by atoms with Gasteiger partial charge in [-0.15, -0.1) is 0 Å². The second-order valence-corrected chi connectivity index (χ2v) is 7.21. The van der Waals surface area contributed by atoms with Gasteiger partial charge in [0, 0.05) is 6.26 Å². The second kappa shape index (κ2) is 12.5. The zero-order chi connectivity index (χ0) is 21.0. The fourth-order valence-electron chi connectivity index (χ4n) is 1.38. The molecule has 0 fully saturated rings. The number of imidazole rings is 2. The van der Waals surface area contributed by atoms with Crippen LogP contribution in [0.15, 0.2) is 37.4 Å². The van der Waals surface area contributed by atoms with E-state index in [0.29, 0.717) is 6.26 Å². The summed E-state index contributed by atoms with van der Waals surface area (Å²) in [7, 11) is -4.79. The van der Waals surface area contributed by atoms with E-state index in [0.717, 1.165) is 13.1 Å². The molecule has 2 heterocycles. The molecule has 0 aliphatic carbocycles. The van der Waals surface area contributed by atoms with Crippen LogP contribution in [0.5, 0.6) is 0 Å². The summed E-state index contributed by atoms with van der Waals surface area (Å²) in [4.78, 5) is 0. The zero-order valence-electron chi connectivity index (χ0n) is 15.4. The number of aryl methyl sites for hydroxylation is 4. The Kier molecular flexibility index (Phi) is 12.7. The highest BCUT2D eigenvalue weighted by Gasteiger charge is 1.93. The average molecular weight is 415 g/mol. The lowest BCUT2D eigenvalue weighted by atomic mass is 10.7. The molecule has 0 radical (unpaired) electrons. The topological polar surface area (TPSA) is 152 Å².